The maximum atomic E-state index is 10.9. The molecule has 0 fully saturated rings. The Balaban J connectivity index is 3.56. The van der Waals surface area contributed by atoms with Gasteiger partial charge in [-0.05, 0) is 12.1 Å². The summed E-state index contributed by atoms with van der Waals surface area (Å²) in [6, 6.07) is 2.47. The highest BCUT2D eigenvalue weighted by atomic mass is 35.7. The van der Waals surface area contributed by atoms with E-state index < -0.39 is 9.05 Å². The lowest BCUT2D eigenvalue weighted by atomic mass is 10.4. The molecule has 0 aliphatic carbocycles. The second-order valence-corrected chi connectivity index (χ2v) is 5.89. The largest absolute Gasteiger partial charge is 0.262 e. The molecule has 7 heteroatoms. The third-order valence-corrected chi connectivity index (χ3v) is 3.70. The molecule has 13 heavy (non-hydrogen) atoms. The van der Waals surface area contributed by atoms with Crippen molar-refractivity contribution in [1.29, 1.82) is 0 Å². The molecule has 0 bridgehead atoms. The highest BCUT2D eigenvalue weighted by Gasteiger charge is 2.17. The van der Waals surface area contributed by atoms with Crippen LogP contribution >= 0.6 is 45.5 Å². The predicted molar refractivity (Wildman–Crippen MR) is 54.5 cm³/mol. The molecule has 0 aliphatic rings. The standard InChI is InChI=1S/C6H2Cl4O2S/c7-3-1-4(8)6(9)5(2-3)13(10,11)12/h1-2H. The Bertz CT molecular complexity index is 440. The normalized spacial score (nSPS) is 11.7. The van der Waals surface area contributed by atoms with Crippen molar-refractivity contribution < 1.29 is 8.42 Å². The van der Waals surface area contributed by atoms with E-state index in [4.69, 9.17) is 45.5 Å². The summed E-state index contributed by atoms with van der Waals surface area (Å²) in [5.74, 6) is 0. The van der Waals surface area contributed by atoms with E-state index in [1.165, 1.54) is 6.07 Å². The highest BCUT2D eigenvalue weighted by Crippen LogP contribution is 2.34. The van der Waals surface area contributed by atoms with Crippen molar-refractivity contribution in [1.82, 2.24) is 0 Å². The average molecular weight is 280 g/mol. The van der Waals surface area contributed by atoms with E-state index in [1.807, 2.05) is 0 Å². The van der Waals surface area contributed by atoms with Gasteiger partial charge in [-0.3, -0.25) is 0 Å². The van der Waals surface area contributed by atoms with Gasteiger partial charge in [-0.1, -0.05) is 34.8 Å². The zero-order chi connectivity index (χ0) is 10.2. The Morgan fingerprint density at radius 1 is 1.08 bits per heavy atom. The minimum Gasteiger partial charge on any atom is -0.207 e. The van der Waals surface area contributed by atoms with Gasteiger partial charge in [-0.15, -0.1) is 0 Å². The number of halogens is 4. The fourth-order valence-electron chi connectivity index (χ4n) is 0.710. The monoisotopic (exact) mass is 278 g/mol. The zero-order valence-electron chi connectivity index (χ0n) is 5.89. The van der Waals surface area contributed by atoms with Crippen LogP contribution in [0.25, 0.3) is 0 Å². The van der Waals surface area contributed by atoms with Crippen molar-refractivity contribution in [2.24, 2.45) is 0 Å². The van der Waals surface area contributed by atoms with E-state index in [0.717, 1.165) is 6.07 Å². The number of benzene rings is 1. The van der Waals surface area contributed by atoms with Gasteiger partial charge in [0.1, 0.15) is 4.90 Å². The van der Waals surface area contributed by atoms with Crippen molar-refractivity contribution in [3.05, 3.63) is 27.2 Å². The SMILES string of the molecule is O=S(=O)(Cl)c1cc(Cl)cc(Cl)c1Cl. The van der Waals surface area contributed by atoms with Crippen LogP contribution in [0.5, 0.6) is 0 Å². The van der Waals surface area contributed by atoms with Gasteiger partial charge in [0, 0.05) is 15.7 Å². The van der Waals surface area contributed by atoms with E-state index in [9.17, 15) is 8.42 Å². The Hall–Kier alpha value is 0.330. The molecule has 0 atom stereocenters. The van der Waals surface area contributed by atoms with Gasteiger partial charge < -0.3 is 0 Å². The number of hydrogen-bond donors (Lipinski definition) is 0. The van der Waals surface area contributed by atoms with Crippen molar-refractivity contribution >= 4 is 54.5 Å². The molecule has 0 saturated heterocycles. The molecule has 0 spiro atoms. The van der Waals surface area contributed by atoms with Crippen LogP contribution in [-0.2, 0) is 9.05 Å². The van der Waals surface area contributed by atoms with Gasteiger partial charge in [0.25, 0.3) is 9.05 Å². The summed E-state index contributed by atoms with van der Waals surface area (Å²) in [6.07, 6.45) is 0. The lowest BCUT2D eigenvalue weighted by molar-refractivity contribution is 0.609. The first-order chi connectivity index (χ1) is 5.82. The van der Waals surface area contributed by atoms with Gasteiger partial charge >= 0.3 is 0 Å². The Morgan fingerprint density at radius 2 is 1.62 bits per heavy atom. The Kier molecular flexibility index (Phi) is 3.36. The molecular formula is C6H2Cl4O2S. The minimum absolute atomic E-state index is 0.0494. The van der Waals surface area contributed by atoms with Crippen LogP contribution in [0.15, 0.2) is 17.0 Å². The zero-order valence-corrected chi connectivity index (χ0v) is 9.73. The molecule has 0 amide bonds. The first-order valence-corrected chi connectivity index (χ1v) is 6.36. The summed E-state index contributed by atoms with van der Waals surface area (Å²) >= 11 is 16.7. The molecule has 0 aliphatic heterocycles. The lowest BCUT2D eigenvalue weighted by Crippen LogP contribution is -1.92. The van der Waals surface area contributed by atoms with Gasteiger partial charge in [0.15, 0.2) is 0 Å². The predicted octanol–water partition coefficient (Wildman–Crippen LogP) is 3.57. The van der Waals surface area contributed by atoms with E-state index in [2.05, 4.69) is 0 Å². The smallest absolute Gasteiger partial charge is 0.207 e. The lowest BCUT2D eigenvalue weighted by Gasteiger charge is -2.02. The van der Waals surface area contributed by atoms with Crippen molar-refractivity contribution in [3.63, 3.8) is 0 Å². The van der Waals surface area contributed by atoms with Crippen molar-refractivity contribution in [3.8, 4) is 0 Å². The van der Waals surface area contributed by atoms with Gasteiger partial charge in [0.2, 0.25) is 0 Å². The average Bonchev–Trinajstić information content (AvgIpc) is 1.94. The van der Waals surface area contributed by atoms with Crippen LogP contribution in [0, 0.1) is 0 Å². The van der Waals surface area contributed by atoms with Gasteiger partial charge in [-0.2, -0.15) is 0 Å². The summed E-state index contributed by atoms with van der Waals surface area (Å²) in [7, 11) is 1.17. The molecule has 0 saturated carbocycles. The van der Waals surface area contributed by atoms with Crippen LogP contribution in [0.4, 0.5) is 0 Å². The van der Waals surface area contributed by atoms with Gasteiger partial charge in [0.05, 0.1) is 10.0 Å². The van der Waals surface area contributed by atoms with Gasteiger partial charge in [-0.25, -0.2) is 8.42 Å². The second-order valence-electron chi connectivity index (χ2n) is 2.14. The first kappa shape index (κ1) is 11.4. The molecule has 1 rings (SSSR count). The summed E-state index contributed by atoms with van der Waals surface area (Å²) < 4.78 is 21.8. The van der Waals surface area contributed by atoms with Crippen LogP contribution in [0.2, 0.25) is 15.1 Å². The third kappa shape index (κ3) is 2.64. The van der Waals surface area contributed by atoms with E-state index in [1.54, 1.807) is 0 Å². The summed E-state index contributed by atoms with van der Waals surface area (Å²) in [5.41, 5.74) is 0. The molecular weight excluding hydrogens is 278 g/mol. The Labute approximate surface area is 94.8 Å². The molecule has 1 aromatic carbocycles. The van der Waals surface area contributed by atoms with Crippen LogP contribution in [0.1, 0.15) is 0 Å². The fraction of sp³-hybridized carbons (Fsp3) is 0. The molecule has 0 N–H and O–H groups in total. The summed E-state index contributed by atoms with van der Waals surface area (Å²) in [4.78, 5) is -0.284. The van der Waals surface area contributed by atoms with Crippen LogP contribution in [-0.4, -0.2) is 8.42 Å². The van der Waals surface area contributed by atoms with E-state index in [0.29, 0.717) is 0 Å². The highest BCUT2D eigenvalue weighted by molar-refractivity contribution is 8.13. The maximum absolute atomic E-state index is 10.9. The van der Waals surface area contributed by atoms with E-state index >= 15 is 0 Å². The second kappa shape index (κ2) is 3.83. The quantitative estimate of drug-likeness (QED) is 0.582. The molecule has 72 valence electrons. The minimum atomic E-state index is -3.91. The van der Waals surface area contributed by atoms with E-state index in [-0.39, 0.29) is 20.0 Å². The van der Waals surface area contributed by atoms with Crippen LogP contribution in [0.3, 0.4) is 0 Å². The first-order valence-electron chi connectivity index (χ1n) is 2.91. The van der Waals surface area contributed by atoms with Crippen molar-refractivity contribution in [2.75, 3.05) is 0 Å². The van der Waals surface area contributed by atoms with Crippen molar-refractivity contribution in [2.45, 2.75) is 4.90 Å². The molecule has 2 nitrogen and oxygen atoms in total. The molecule has 0 aromatic heterocycles. The molecule has 0 unspecified atom stereocenters. The van der Waals surface area contributed by atoms with Crippen LogP contribution < -0.4 is 0 Å². The number of rotatable bonds is 1. The maximum Gasteiger partial charge on any atom is 0.262 e. The summed E-state index contributed by atoms with van der Waals surface area (Å²) in [6.45, 7) is 0. The molecule has 0 heterocycles. The topological polar surface area (TPSA) is 34.1 Å². The molecule has 0 radical (unpaired) electrons. The number of hydrogen-bond acceptors (Lipinski definition) is 2. The summed E-state index contributed by atoms with van der Waals surface area (Å²) in [5, 5.41) is 0.0862. The molecule has 1 aromatic rings. The fourth-order valence-corrected chi connectivity index (χ4v) is 2.81. The third-order valence-electron chi connectivity index (χ3n) is 1.22. The Morgan fingerprint density at radius 3 is 2.08 bits per heavy atom.